The third-order valence-electron chi connectivity index (χ3n) is 6.26. The van der Waals surface area contributed by atoms with Crippen LogP contribution in [-0.2, 0) is 6.18 Å². The highest BCUT2D eigenvalue weighted by Gasteiger charge is 2.30. The first kappa shape index (κ1) is 23.6. The van der Waals surface area contributed by atoms with E-state index in [1.165, 1.54) is 36.4 Å². The Balaban J connectivity index is 1.77. The van der Waals surface area contributed by atoms with Crippen molar-refractivity contribution >= 4 is 27.6 Å². The van der Waals surface area contributed by atoms with Crippen LogP contribution in [0.5, 0.6) is 0 Å². The maximum Gasteiger partial charge on any atom is 0.416 e. The molecule has 37 heavy (non-hydrogen) atoms. The molecule has 0 heterocycles. The molecule has 0 fully saturated rings. The molecule has 5 rings (SSSR count). The number of rotatable bonds is 3. The van der Waals surface area contributed by atoms with Gasteiger partial charge < -0.3 is 0 Å². The van der Waals surface area contributed by atoms with Crippen LogP contribution < -0.4 is 10.9 Å². The van der Waals surface area contributed by atoms with Gasteiger partial charge in [0, 0.05) is 32.7 Å². The molecule has 9 heteroatoms. The summed E-state index contributed by atoms with van der Waals surface area (Å²) in [7, 11) is 0. The number of alkyl halides is 3. The molecule has 0 radical (unpaired) electrons. The van der Waals surface area contributed by atoms with E-state index in [-0.39, 0.29) is 60.5 Å². The molecule has 0 aliphatic heterocycles. The number of nitrogens with zero attached hydrogens (tertiary/aromatic N) is 2. The Morgan fingerprint density at radius 3 is 1.46 bits per heavy atom. The predicted octanol–water partition coefficient (Wildman–Crippen LogP) is 5.79. The Labute approximate surface area is 204 Å². The fourth-order valence-electron chi connectivity index (χ4n) is 4.53. The highest BCUT2D eigenvalue weighted by atomic mass is 19.4. The Kier molecular flexibility index (Phi) is 5.24. The number of carbonyl (C=O) groups is 1. The molecule has 0 atom stereocenters. The van der Waals surface area contributed by atoms with Crippen LogP contribution in [0.15, 0.2) is 70.3 Å². The monoisotopic (exact) mass is 498 g/mol. The number of hydrogen-bond donors (Lipinski definition) is 0. The topological polar surface area (TPSA) is 98.8 Å². The van der Waals surface area contributed by atoms with Crippen LogP contribution >= 0.6 is 0 Å². The number of halogens is 4. The van der Waals surface area contributed by atoms with E-state index in [1.807, 2.05) is 12.1 Å². The summed E-state index contributed by atoms with van der Waals surface area (Å²) < 4.78 is 51.8. The second kappa shape index (κ2) is 8.21. The highest BCUT2D eigenvalue weighted by molar-refractivity contribution is 6.10. The molecule has 0 amide bonds. The first-order valence-electron chi connectivity index (χ1n) is 10.6. The van der Waals surface area contributed by atoms with Crippen LogP contribution in [0.2, 0.25) is 0 Å². The van der Waals surface area contributed by atoms with E-state index in [0.29, 0.717) is 0 Å². The summed E-state index contributed by atoms with van der Waals surface area (Å²) in [6.07, 6.45) is -4.58. The lowest BCUT2D eigenvalue weighted by Gasteiger charge is -2.07. The standard InChI is InChI=1S/C28H10F4N2O3/c29-27(37)15-3-1-13(2-4-15)23-21(11-33)17-9-18-20(10-19(17)25(23)35)26(36)24(22(18)12-34)14-5-7-16(8-6-14)28(30,31)32/h1-10H. The van der Waals surface area contributed by atoms with Gasteiger partial charge in [0.05, 0.1) is 22.3 Å². The lowest BCUT2D eigenvalue weighted by atomic mass is 10.0. The van der Waals surface area contributed by atoms with Gasteiger partial charge >= 0.3 is 12.2 Å². The zero-order valence-corrected chi connectivity index (χ0v) is 18.4. The van der Waals surface area contributed by atoms with Crippen LogP contribution in [-0.4, -0.2) is 6.04 Å². The van der Waals surface area contributed by atoms with E-state index in [2.05, 4.69) is 0 Å². The van der Waals surface area contributed by atoms with Crippen molar-refractivity contribution in [2.45, 2.75) is 6.18 Å². The lowest BCUT2D eigenvalue weighted by Crippen LogP contribution is -2.05. The van der Waals surface area contributed by atoms with Crippen LogP contribution in [0, 0.1) is 22.7 Å². The van der Waals surface area contributed by atoms with Crippen molar-refractivity contribution in [3.8, 4) is 34.4 Å². The van der Waals surface area contributed by atoms with Gasteiger partial charge in [0.2, 0.25) is 0 Å². The fourth-order valence-corrected chi connectivity index (χ4v) is 4.53. The minimum absolute atomic E-state index is 0.00284. The van der Waals surface area contributed by atoms with Crippen molar-refractivity contribution in [3.05, 3.63) is 103 Å². The quantitative estimate of drug-likeness (QED) is 0.231. The van der Waals surface area contributed by atoms with Gasteiger partial charge in [0.1, 0.15) is 12.1 Å². The van der Waals surface area contributed by atoms with Crippen LogP contribution in [0.25, 0.3) is 43.8 Å². The van der Waals surface area contributed by atoms with Crippen LogP contribution in [0.1, 0.15) is 27.0 Å². The molecule has 0 unspecified atom stereocenters. The number of carbonyl (C=O) groups excluding carboxylic acids is 1. The molecular formula is C28H10F4N2O3. The van der Waals surface area contributed by atoms with Gasteiger partial charge in [-0.15, -0.1) is 0 Å². The zero-order valence-electron chi connectivity index (χ0n) is 18.4. The third-order valence-corrected chi connectivity index (χ3v) is 6.26. The average Bonchev–Trinajstić information content (AvgIpc) is 3.32. The zero-order chi connectivity index (χ0) is 26.6. The molecule has 0 aliphatic carbocycles. The molecule has 0 bridgehead atoms. The van der Waals surface area contributed by atoms with Crippen molar-refractivity contribution in [2.24, 2.45) is 0 Å². The minimum Gasteiger partial charge on any atom is -0.289 e. The fraction of sp³-hybridized carbons (Fsp3) is 0.0357. The summed E-state index contributed by atoms with van der Waals surface area (Å²) in [5, 5.41) is 20.1. The first-order chi connectivity index (χ1) is 17.6. The van der Waals surface area contributed by atoms with Crippen LogP contribution in [0.3, 0.4) is 0 Å². The van der Waals surface area contributed by atoms with Crippen LogP contribution in [0.4, 0.5) is 17.6 Å². The Morgan fingerprint density at radius 2 is 1.08 bits per heavy atom. The van der Waals surface area contributed by atoms with E-state index < -0.39 is 28.6 Å². The minimum atomic E-state index is -4.58. The van der Waals surface area contributed by atoms with Crippen molar-refractivity contribution in [1.29, 1.82) is 10.5 Å². The molecule has 5 aromatic carbocycles. The molecule has 0 saturated heterocycles. The molecule has 0 spiro atoms. The summed E-state index contributed by atoms with van der Waals surface area (Å²) in [5.74, 6) is 0. The van der Waals surface area contributed by atoms with Gasteiger partial charge in [-0.3, -0.25) is 14.4 Å². The van der Waals surface area contributed by atoms with Crippen molar-refractivity contribution in [1.82, 2.24) is 0 Å². The predicted molar refractivity (Wildman–Crippen MR) is 127 cm³/mol. The maximum absolute atomic E-state index is 13.3. The van der Waals surface area contributed by atoms with Crippen molar-refractivity contribution in [2.75, 3.05) is 0 Å². The van der Waals surface area contributed by atoms with Gasteiger partial charge in [0.15, 0.2) is 10.9 Å². The maximum atomic E-state index is 13.3. The van der Waals surface area contributed by atoms with Crippen molar-refractivity contribution < 1.29 is 22.4 Å². The van der Waals surface area contributed by atoms with E-state index in [4.69, 9.17) is 0 Å². The smallest absolute Gasteiger partial charge is 0.289 e. The Hall–Kier alpha value is -5.15. The summed E-state index contributed by atoms with van der Waals surface area (Å²) >= 11 is 0. The van der Waals surface area contributed by atoms with E-state index in [1.54, 1.807) is 0 Å². The largest absolute Gasteiger partial charge is 0.416 e. The molecule has 5 nitrogen and oxygen atoms in total. The summed E-state index contributed by atoms with van der Waals surface area (Å²) in [5.41, 5.74) is -2.22. The third kappa shape index (κ3) is 3.57. The SMILES string of the molecule is N#Cc1c(-c2ccc(C(=O)F)cc2)c(=O)c2cc3c(=O)c(-c4ccc(C(F)(F)F)cc4)c(C#N)c3cc12. The normalized spacial score (nSPS) is 11.5. The molecule has 0 aromatic heterocycles. The Morgan fingerprint density at radius 1 is 0.676 bits per heavy atom. The lowest BCUT2D eigenvalue weighted by molar-refractivity contribution is -0.137. The van der Waals surface area contributed by atoms with E-state index in [0.717, 1.165) is 24.3 Å². The summed E-state index contributed by atoms with van der Waals surface area (Å²) in [4.78, 5) is 37.5. The second-order valence-corrected chi connectivity index (χ2v) is 8.25. The van der Waals surface area contributed by atoms with Gasteiger partial charge in [0.25, 0.3) is 0 Å². The number of fused-ring (bicyclic) bond motifs is 2. The summed E-state index contributed by atoms with van der Waals surface area (Å²) in [6, 6.07) is 13.7. The number of benzene rings is 3. The highest BCUT2D eigenvalue weighted by Crippen LogP contribution is 2.36. The molecular weight excluding hydrogens is 488 g/mol. The molecule has 5 aromatic rings. The number of nitriles is 2. The van der Waals surface area contributed by atoms with Gasteiger partial charge in [-0.05, 0) is 47.5 Å². The molecule has 0 saturated carbocycles. The van der Waals surface area contributed by atoms with Gasteiger partial charge in [-0.2, -0.15) is 28.1 Å². The molecule has 0 aliphatic rings. The number of hydrogen-bond acceptors (Lipinski definition) is 5. The average molecular weight is 498 g/mol. The van der Waals surface area contributed by atoms with Gasteiger partial charge in [-0.1, -0.05) is 24.3 Å². The second-order valence-electron chi connectivity index (χ2n) is 8.25. The summed E-state index contributed by atoms with van der Waals surface area (Å²) in [6.45, 7) is 0. The first-order valence-corrected chi connectivity index (χ1v) is 10.6. The molecule has 178 valence electrons. The van der Waals surface area contributed by atoms with Crippen molar-refractivity contribution in [3.63, 3.8) is 0 Å². The molecule has 0 N–H and O–H groups in total. The Bertz CT molecular complexity index is 1930. The van der Waals surface area contributed by atoms with E-state index in [9.17, 15) is 42.5 Å². The van der Waals surface area contributed by atoms with E-state index >= 15 is 0 Å². The van der Waals surface area contributed by atoms with Gasteiger partial charge in [-0.25, -0.2) is 0 Å².